The van der Waals surface area contributed by atoms with Crippen LogP contribution in [0.2, 0.25) is 0 Å². The number of pyridine rings is 1. The molecule has 0 aliphatic carbocycles. The molecule has 2 aliphatic rings. The van der Waals surface area contributed by atoms with Gasteiger partial charge in [0, 0.05) is 30.8 Å². The summed E-state index contributed by atoms with van der Waals surface area (Å²) in [4.78, 5) is 18.4. The van der Waals surface area contributed by atoms with Gasteiger partial charge in [-0.05, 0) is 85.8 Å². The average Bonchev–Trinajstić information content (AvgIpc) is 3.63. The lowest BCUT2D eigenvalue weighted by atomic mass is 9.94. The molecule has 228 valence electrons. The van der Waals surface area contributed by atoms with Crippen LogP contribution in [-0.2, 0) is 24.1 Å². The molecule has 0 fully saturated rings. The lowest BCUT2D eigenvalue weighted by Gasteiger charge is -2.30. The predicted molar refractivity (Wildman–Crippen MR) is 167 cm³/mol. The highest BCUT2D eigenvalue weighted by Crippen LogP contribution is 2.44. The maximum Gasteiger partial charge on any atom is 0.270 e. The predicted octanol–water partition coefficient (Wildman–Crippen LogP) is 5.91. The number of aliphatic hydroxyl groups excluding tert-OH is 1. The number of aliphatic hydroxyl groups is 1. The minimum atomic E-state index is -1.39. The molecule has 10 heteroatoms. The Kier molecular flexibility index (Phi) is 8.24. The molecule has 0 saturated carbocycles. The lowest BCUT2D eigenvalue weighted by molar-refractivity contribution is 0.0945. The van der Waals surface area contributed by atoms with E-state index >= 15 is 0 Å². The quantitative estimate of drug-likeness (QED) is 0.256. The summed E-state index contributed by atoms with van der Waals surface area (Å²) in [6.07, 6.45) is 0.350. The fraction of sp³-hybridized carbons (Fsp3) is 0.294. The number of benzene rings is 3. The number of hydrogen-bond acceptors (Lipinski definition) is 6. The number of carbonyl (C=O) groups is 1. The van der Waals surface area contributed by atoms with Gasteiger partial charge in [-0.1, -0.05) is 36.4 Å². The van der Waals surface area contributed by atoms with Crippen LogP contribution < -0.4 is 14.8 Å². The second-order valence-electron chi connectivity index (χ2n) is 11.9. The van der Waals surface area contributed by atoms with Crippen molar-refractivity contribution in [2.75, 3.05) is 13.4 Å². The van der Waals surface area contributed by atoms with Crippen molar-refractivity contribution < 1.29 is 28.0 Å². The van der Waals surface area contributed by atoms with Crippen molar-refractivity contribution in [3.05, 3.63) is 101 Å². The first-order valence-electron chi connectivity index (χ1n) is 14.5. The number of carbonyl (C=O) groups excluding carboxylic acids is 1. The first kappa shape index (κ1) is 29.9. The number of aromatic nitrogens is 1. The number of rotatable bonds is 8. The molecule has 2 N–H and O–H groups in total. The fourth-order valence-electron chi connectivity index (χ4n) is 5.64. The number of nitrogens with zero attached hydrogens (tertiary/aromatic N) is 2. The molecule has 44 heavy (non-hydrogen) atoms. The van der Waals surface area contributed by atoms with E-state index in [0.29, 0.717) is 35.7 Å². The normalized spacial score (nSPS) is 16.5. The minimum Gasteiger partial charge on any atom is -0.454 e. The Morgan fingerprint density at radius 1 is 1.02 bits per heavy atom. The molecule has 4 aromatic rings. The van der Waals surface area contributed by atoms with E-state index in [-0.39, 0.29) is 43.4 Å². The Hall–Kier alpha value is -4.12. The Balaban J connectivity index is 1.41. The van der Waals surface area contributed by atoms with Crippen LogP contribution in [0.15, 0.2) is 72.8 Å². The number of nitrogens with one attached hydrogen (secondary N) is 1. The second-order valence-corrected chi connectivity index (χ2v) is 14.0. The molecule has 1 aromatic heterocycles. The van der Waals surface area contributed by atoms with Crippen molar-refractivity contribution in [1.82, 2.24) is 14.6 Å². The van der Waals surface area contributed by atoms with Gasteiger partial charge in [0.25, 0.3) is 5.91 Å². The molecule has 6 rings (SSSR count). The van der Waals surface area contributed by atoms with Crippen molar-refractivity contribution in [3.63, 3.8) is 0 Å². The maximum atomic E-state index is 14.1. The van der Waals surface area contributed by atoms with Crippen molar-refractivity contribution in [2.45, 2.75) is 51.1 Å². The lowest BCUT2D eigenvalue weighted by Crippen LogP contribution is -2.36. The monoisotopic (exact) mass is 615 g/mol. The van der Waals surface area contributed by atoms with Crippen LogP contribution in [0.3, 0.4) is 0 Å². The van der Waals surface area contributed by atoms with Crippen LogP contribution in [0, 0.1) is 5.82 Å². The van der Waals surface area contributed by atoms with Gasteiger partial charge in [-0.25, -0.2) is 17.9 Å². The highest BCUT2D eigenvalue weighted by molar-refractivity contribution is 7.84. The van der Waals surface area contributed by atoms with Gasteiger partial charge >= 0.3 is 0 Å². The first-order valence-corrected chi connectivity index (χ1v) is 15.6. The summed E-state index contributed by atoms with van der Waals surface area (Å²) < 4.78 is 40.0. The Morgan fingerprint density at radius 2 is 1.75 bits per heavy atom. The zero-order valence-electron chi connectivity index (χ0n) is 24.8. The molecule has 3 heterocycles. The van der Waals surface area contributed by atoms with E-state index in [2.05, 4.69) is 5.32 Å². The van der Waals surface area contributed by atoms with Gasteiger partial charge in [-0.15, -0.1) is 0 Å². The third-order valence-electron chi connectivity index (χ3n) is 7.71. The van der Waals surface area contributed by atoms with E-state index < -0.39 is 15.7 Å². The summed E-state index contributed by atoms with van der Waals surface area (Å²) in [6, 6.07) is 20.9. The third kappa shape index (κ3) is 5.97. The van der Waals surface area contributed by atoms with Gasteiger partial charge in [0.05, 0.1) is 16.5 Å². The molecule has 1 unspecified atom stereocenters. The van der Waals surface area contributed by atoms with Crippen molar-refractivity contribution >= 4 is 16.9 Å². The van der Waals surface area contributed by atoms with Gasteiger partial charge in [-0.3, -0.25) is 4.79 Å². The summed E-state index contributed by atoms with van der Waals surface area (Å²) in [5.41, 5.74) is 5.55. The van der Waals surface area contributed by atoms with E-state index in [0.717, 1.165) is 27.8 Å². The van der Waals surface area contributed by atoms with E-state index in [9.17, 15) is 18.5 Å². The van der Waals surface area contributed by atoms with E-state index in [1.54, 1.807) is 12.1 Å². The molecule has 0 radical (unpaired) electrons. The largest absolute Gasteiger partial charge is 0.454 e. The molecule has 3 aromatic carbocycles. The number of ether oxygens (including phenoxy) is 2. The van der Waals surface area contributed by atoms with Crippen LogP contribution in [0.5, 0.6) is 11.5 Å². The third-order valence-corrected chi connectivity index (χ3v) is 9.56. The SMILES string of the molecule is CC(C)(C)S(=O)N1Cc2cc(C(=O)NCc3ccc4c(c3)OCO4)nc(-c3cccc(-c4cccc(F)c4)c3)c2[C@@H]1CCO. The van der Waals surface area contributed by atoms with Crippen LogP contribution >= 0.6 is 0 Å². The Morgan fingerprint density at radius 3 is 2.50 bits per heavy atom. The van der Waals surface area contributed by atoms with Crippen LogP contribution in [0.4, 0.5) is 4.39 Å². The summed E-state index contributed by atoms with van der Waals surface area (Å²) >= 11 is 0. The van der Waals surface area contributed by atoms with E-state index in [1.165, 1.54) is 12.1 Å². The zero-order valence-corrected chi connectivity index (χ0v) is 25.6. The molecule has 0 saturated heterocycles. The van der Waals surface area contributed by atoms with Gasteiger partial charge in [0.2, 0.25) is 6.79 Å². The Bertz CT molecular complexity index is 1760. The van der Waals surface area contributed by atoms with Crippen LogP contribution in [0.25, 0.3) is 22.4 Å². The van der Waals surface area contributed by atoms with E-state index in [1.807, 2.05) is 73.6 Å². The number of fused-ring (bicyclic) bond motifs is 2. The van der Waals surface area contributed by atoms with Gasteiger partial charge < -0.3 is 19.9 Å². The maximum absolute atomic E-state index is 14.1. The molecular weight excluding hydrogens is 581 g/mol. The van der Waals surface area contributed by atoms with Gasteiger partial charge in [0.1, 0.15) is 22.5 Å². The number of amides is 1. The summed E-state index contributed by atoms with van der Waals surface area (Å²) in [6.45, 7) is 6.40. The summed E-state index contributed by atoms with van der Waals surface area (Å²) in [5.74, 6) is 0.605. The molecule has 0 spiro atoms. The molecule has 8 nitrogen and oxygen atoms in total. The molecule has 1 amide bonds. The topological polar surface area (TPSA) is 101 Å². The first-order chi connectivity index (χ1) is 21.1. The second kappa shape index (κ2) is 12.1. The smallest absolute Gasteiger partial charge is 0.270 e. The van der Waals surface area contributed by atoms with Crippen molar-refractivity contribution in [3.8, 4) is 33.9 Å². The number of halogens is 1. The molecule has 0 bridgehead atoms. The standard InChI is InChI=1S/C34H34FN3O5S/c1-34(2,3)44(41)38-19-25-17-27(33(40)36-18-21-10-11-29-30(14-21)43-20-42-29)37-32(31(25)28(38)12-13-39)24-8-4-6-22(15-24)23-7-5-9-26(35)16-23/h4-11,14-17,28,39H,12-13,18-20H2,1-3H3,(H,36,40)/t28-,44?/m0/s1. The molecule has 2 aliphatic heterocycles. The van der Waals surface area contributed by atoms with Crippen LogP contribution in [0.1, 0.15) is 60.4 Å². The highest BCUT2D eigenvalue weighted by Gasteiger charge is 2.40. The Labute approximate surface area is 258 Å². The molecular formula is C34H34FN3O5S. The van der Waals surface area contributed by atoms with Crippen molar-refractivity contribution in [1.29, 1.82) is 0 Å². The number of hydrogen-bond donors (Lipinski definition) is 2. The average molecular weight is 616 g/mol. The summed E-state index contributed by atoms with van der Waals surface area (Å²) in [7, 11) is -1.39. The van der Waals surface area contributed by atoms with Gasteiger partial charge in [0.15, 0.2) is 11.5 Å². The molecule has 2 atom stereocenters. The zero-order chi connectivity index (χ0) is 31.0. The van der Waals surface area contributed by atoms with Crippen molar-refractivity contribution in [2.24, 2.45) is 0 Å². The minimum absolute atomic E-state index is 0.109. The fourth-order valence-corrected chi connectivity index (χ4v) is 7.05. The van der Waals surface area contributed by atoms with Crippen LogP contribution in [-0.4, -0.2) is 42.7 Å². The summed E-state index contributed by atoms with van der Waals surface area (Å²) in [5, 5.41) is 13.0. The van der Waals surface area contributed by atoms with Gasteiger partial charge in [-0.2, -0.15) is 0 Å². The highest BCUT2D eigenvalue weighted by atomic mass is 32.2. The van der Waals surface area contributed by atoms with E-state index in [4.69, 9.17) is 14.5 Å².